The highest BCUT2D eigenvalue weighted by atomic mass is 32.1. The molecule has 0 spiro atoms. The number of carbonyl (C=O) groups excluding carboxylic acids is 1. The van der Waals surface area contributed by atoms with Gasteiger partial charge in [0.25, 0.3) is 11.6 Å². The Hall–Kier alpha value is -3.72. The van der Waals surface area contributed by atoms with Crippen LogP contribution in [0.2, 0.25) is 0 Å². The fourth-order valence-electron chi connectivity index (χ4n) is 3.15. The first-order valence-corrected chi connectivity index (χ1v) is 10.1. The molecule has 0 aliphatic heterocycles. The van der Waals surface area contributed by atoms with Crippen LogP contribution < -0.4 is 15.2 Å². The number of hydrogen-bond donors (Lipinski definition) is 1. The Balaban J connectivity index is 2.05. The van der Waals surface area contributed by atoms with Crippen molar-refractivity contribution in [3.05, 3.63) is 79.7 Å². The molecule has 2 aromatic carbocycles. The second-order valence-corrected chi connectivity index (χ2v) is 7.72. The monoisotopic (exact) mass is 439 g/mol. The van der Waals surface area contributed by atoms with Gasteiger partial charge in [-0.1, -0.05) is 30.3 Å². The topological polar surface area (TPSA) is 117 Å². The zero-order valence-corrected chi connectivity index (χ0v) is 18.1. The minimum atomic E-state index is -0.595. The van der Waals surface area contributed by atoms with E-state index in [4.69, 9.17) is 15.2 Å². The summed E-state index contributed by atoms with van der Waals surface area (Å²) in [4.78, 5) is 28.4. The summed E-state index contributed by atoms with van der Waals surface area (Å²) in [6.07, 6.45) is 1.97. The van der Waals surface area contributed by atoms with E-state index in [1.807, 2.05) is 37.3 Å². The maximum Gasteiger partial charge on any atom is 0.282 e. The van der Waals surface area contributed by atoms with E-state index < -0.39 is 10.8 Å². The molecule has 0 atom stereocenters. The van der Waals surface area contributed by atoms with Crippen LogP contribution in [0.1, 0.15) is 31.9 Å². The van der Waals surface area contributed by atoms with Crippen LogP contribution in [-0.2, 0) is 6.42 Å². The van der Waals surface area contributed by atoms with Crippen molar-refractivity contribution in [3.63, 3.8) is 0 Å². The molecule has 8 nitrogen and oxygen atoms in total. The zero-order chi connectivity index (χ0) is 22.5. The summed E-state index contributed by atoms with van der Waals surface area (Å²) in [6.45, 7) is 1.83. The van der Waals surface area contributed by atoms with Crippen molar-refractivity contribution in [1.82, 2.24) is 0 Å². The third-order valence-corrected chi connectivity index (χ3v) is 5.93. The van der Waals surface area contributed by atoms with Gasteiger partial charge in [0.1, 0.15) is 5.00 Å². The maximum absolute atomic E-state index is 12.1. The molecule has 0 radical (unpaired) electrons. The first kappa shape index (κ1) is 22.0. The van der Waals surface area contributed by atoms with Gasteiger partial charge < -0.3 is 15.2 Å². The summed E-state index contributed by atoms with van der Waals surface area (Å²) in [5, 5.41) is 11.9. The van der Waals surface area contributed by atoms with Crippen LogP contribution in [0, 0.1) is 17.0 Å². The summed E-state index contributed by atoms with van der Waals surface area (Å²) >= 11 is 1.34. The highest BCUT2D eigenvalue weighted by molar-refractivity contribution is 7.16. The lowest BCUT2D eigenvalue weighted by Crippen LogP contribution is -2.11. The largest absolute Gasteiger partial charge is 0.493 e. The van der Waals surface area contributed by atoms with Crippen molar-refractivity contribution in [1.29, 1.82) is 0 Å². The molecular formula is C22H21N3O5S. The number of hydrogen-bond acceptors (Lipinski definition) is 7. The summed E-state index contributed by atoms with van der Waals surface area (Å²) in [6, 6.07) is 12.6. The molecule has 3 rings (SSSR count). The van der Waals surface area contributed by atoms with E-state index in [0.29, 0.717) is 22.7 Å². The van der Waals surface area contributed by atoms with E-state index in [0.717, 1.165) is 16.0 Å². The Morgan fingerprint density at radius 3 is 2.42 bits per heavy atom. The molecule has 9 heteroatoms. The van der Waals surface area contributed by atoms with Crippen LogP contribution in [0.15, 0.2) is 47.5 Å². The molecule has 31 heavy (non-hydrogen) atoms. The van der Waals surface area contributed by atoms with Gasteiger partial charge in [-0.05, 0) is 24.1 Å². The van der Waals surface area contributed by atoms with Crippen molar-refractivity contribution in [2.45, 2.75) is 13.3 Å². The molecular weight excluding hydrogens is 418 g/mol. The second-order valence-electron chi connectivity index (χ2n) is 6.64. The molecule has 0 saturated heterocycles. The number of primary amides is 1. The highest BCUT2D eigenvalue weighted by Gasteiger charge is 2.21. The normalized spacial score (nSPS) is 10.9. The van der Waals surface area contributed by atoms with Gasteiger partial charge >= 0.3 is 0 Å². The molecule has 0 fully saturated rings. The Morgan fingerprint density at radius 2 is 1.84 bits per heavy atom. The molecule has 160 valence electrons. The van der Waals surface area contributed by atoms with Crippen molar-refractivity contribution in [2.75, 3.05) is 14.2 Å². The molecule has 0 bridgehead atoms. The predicted molar refractivity (Wildman–Crippen MR) is 120 cm³/mol. The van der Waals surface area contributed by atoms with Gasteiger partial charge in [-0.2, -0.15) is 0 Å². The Labute approximate surface area is 183 Å². The summed E-state index contributed by atoms with van der Waals surface area (Å²) < 4.78 is 10.4. The predicted octanol–water partition coefficient (Wildman–Crippen LogP) is 4.42. The summed E-state index contributed by atoms with van der Waals surface area (Å²) in [5.41, 5.74) is 7.79. The summed E-state index contributed by atoms with van der Waals surface area (Å²) in [7, 11) is 2.84. The standard InChI is InChI=1S/C22H21N3O5S/c1-13-19(9-14-7-5-4-6-8-14)31-22(20(13)21(23)26)24-12-15-10-17(29-2)18(30-3)11-16(15)25(27)28/h4-8,10-12H,9H2,1-3H3,(H2,23,26). The van der Waals surface area contributed by atoms with Crippen molar-refractivity contribution < 1.29 is 19.2 Å². The van der Waals surface area contributed by atoms with Crippen LogP contribution in [0.4, 0.5) is 10.7 Å². The third kappa shape index (κ3) is 4.72. The fourth-order valence-corrected chi connectivity index (χ4v) is 4.34. The van der Waals surface area contributed by atoms with Gasteiger partial charge in [-0.3, -0.25) is 14.9 Å². The van der Waals surface area contributed by atoms with E-state index in [2.05, 4.69) is 4.99 Å². The molecule has 1 heterocycles. The van der Waals surface area contributed by atoms with Crippen LogP contribution in [0.3, 0.4) is 0 Å². The number of aliphatic imine (C=N–C) groups is 1. The number of thiophene rings is 1. The molecule has 0 aliphatic carbocycles. The molecule has 3 aromatic rings. The number of methoxy groups -OCH3 is 2. The number of ether oxygens (including phenoxy) is 2. The highest BCUT2D eigenvalue weighted by Crippen LogP contribution is 2.38. The number of rotatable bonds is 8. The zero-order valence-electron chi connectivity index (χ0n) is 17.2. The molecule has 1 aromatic heterocycles. The van der Waals surface area contributed by atoms with E-state index in [1.54, 1.807) is 0 Å². The molecule has 2 N–H and O–H groups in total. The van der Waals surface area contributed by atoms with Crippen LogP contribution >= 0.6 is 11.3 Å². The molecule has 0 unspecified atom stereocenters. The van der Waals surface area contributed by atoms with Gasteiger partial charge in [-0.15, -0.1) is 11.3 Å². The van der Waals surface area contributed by atoms with Crippen LogP contribution in [-0.4, -0.2) is 31.3 Å². The van der Waals surface area contributed by atoms with Crippen molar-refractivity contribution in [2.24, 2.45) is 10.7 Å². The van der Waals surface area contributed by atoms with E-state index >= 15 is 0 Å². The minimum Gasteiger partial charge on any atom is -0.493 e. The lowest BCUT2D eigenvalue weighted by atomic mass is 10.1. The Bertz CT molecular complexity index is 1160. The summed E-state index contributed by atoms with van der Waals surface area (Å²) in [5.74, 6) is -0.0277. The average Bonchev–Trinajstić information content (AvgIpc) is 3.07. The first-order valence-electron chi connectivity index (χ1n) is 9.26. The van der Waals surface area contributed by atoms with Gasteiger partial charge in [-0.25, -0.2) is 4.99 Å². The van der Waals surface area contributed by atoms with E-state index in [1.165, 1.54) is 43.9 Å². The maximum atomic E-state index is 12.1. The van der Waals surface area contributed by atoms with E-state index in [-0.39, 0.29) is 17.0 Å². The quantitative estimate of drug-likeness (QED) is 0.317. The molecule has 1 amide bonds. The lowest BCUT2D eigenvalue weighted by molar-refractivity contribution is -0.385. The Kier molecular flexibility index (Phi) is 6.66. The SMILES string of the molecule is COc1cc(C=Nc2sc(Cc3ccccc3)c(C)c2C(N)=O)c([N+](=O)[O-])cc1OC. The van der Waals surface area contributed by atoms with Crippen molar-refractivity contribution >= 4 is 34.1 Å². The fraction of sp³-hybridized carbons (Fsp3) is 0.182. The van der Waals surface area contributed by atoms with E-state index in [9.17, 15) is 14.9 Å². The first-order chi connectivity index (χ1) is 14.8. The van der Waals surface area contributed by atoms with Crippen LogP contribution in [0.25, 0.3) is 0 Å². The second kappa shape index (κ2) is 9.40. The van der Waals surface area contributed by atoms with Gasteiger partial charge in [0.15, 0.2) is 11.5 Å². The lowest BCUT2D eigenvalue weighted by Gasteiger charge is -2.08. The number of benzene rings is 2. The third-order valence-electron chi connectivity index (χ3n) is 4.73. The van der Waals surface area contributed by atoms with Gasteiger partial charge in [0.2, 0.25) is 0 Å². The van der Waals surface area contributed by atoms with Gasteiger partial charge in [0, 0.05) is 17.5 Å². The van der Waals surface area contributed by atoms with Crippen LogP contribution in [0.5, 0.6) is 11.5 Å². The minimum absolute atomic E-state index is 0.195. The van der Waals surface area contributed by atoms with Gasteiger partial charge in [0.05, 0.1) is 36.3 Å². The number of amides is 1. The number of nitrogens with two attached hydrogens (primary N) is 1. The number of nitro groups is 1. The average molecular weight is 439 g/mol. The number of nitro benzene ring substituents is 1. The number of nitrogens with zero attached hydrogens (tertiary/aromatic N) is 2. The van der Waals surface area contributed by atoms with Crippen molar-refractivity contribution in [3.8, 4) is 11.5 Å². The Morgan fingerprint density at radius 1 is 1.19 bits per heavy atom. The molecule has 0 saturated carbocycles. The molecule has 0 aliphatic rings. The number of carbonyl (C=O) groups is 1. The smallest absolute Gasteiger partial charge is 0.282 e.